The zero-order valence-electron chi connectivity index (χ0n) is 16.1. The normalized spacial score (nSPS) is 15.9. The first-order valence-electron chi connectivity index (χ1n) is 9.80. The summed E-state index contributed by atoms with van der Waals surface area (Å²) >= 11 is 0. The highest BCUT2D eigenvalue weighted by atomic mass is 19.1. The number of aliphatic hydroxyl groups is 1. The fraction of sp³-hybridized carbons (Fsp3) is 0.250. The molecule has 1 N–H and O–H groups in total. The monoisotopic (exact) mass is 390 g/mol. The number of piperidine rings is 1. The molecular formula is C24H23FN2O2. The van der Waals surface area contributed by atoms with Crippen LogP contribution in [0.25, 0.3) is 11.1 Å². The minimum atomic E-state index is -0.846. The highest BCUT2D eigenvalue weighted by Gasteiger charge is 2.35. The van der Waals surface area contributed by atoms with Crippen molar-refractivity contribution < 1.29 is 14.3 Å². The smallest absolute Gasteiger partial charge is 0.257 e. The molecule has 0 atom stereocenters. The van der Waals surface area contributed by atoms with Gasteiger partial charge in [-0.2, -0.15) is 0 Å². The molecule has 1 aromatic heterocycles. The number of nitrogens with zero attached hydrogens (tertiary/aromatic N) is 2. The van der Waals surface area contributed by atoms with E-state index in [2.05, 4.69) is 4.98 Å². The Hall–Kier alpha value is -3.05. The Bertz CT molecular complexity index is 984. The van der Waals surface area contributed by atoms with Crippen molar-refractivity contribution in [1.82, 2.24) is 9.88 Å². The van der Waals surface area contributed by atoms with Crippen molar-refractivity contribution in [1.29, 1.82) is 0 Å². The molecule has 1 amide bonds. The van der Waals surface area contributed by atoms with Crippen molar-refractivity contribution >= 4 is 5.91 Å². The number of aromatic nitrogens is 1. The van der Waals surface area contributed by atoms with E-state index in [-0.39, 0.29) is 11.5 Å². The molecule has 1 aliphatic rings. The van der Waals surface area contributed by atoms with Crippen molar-refractivity contribution in [2.45, 2.75) is 24.9 Å². The average molecular weight is 390 g/mol. The van der Waals surface area contributed by atoms with Gasteiger partial charge in [-0.15, -0.1) is 0 Å². The maximum absolute atomic E-state index is 14.7. The summed E-state index contributed by atoms with van der Waals surface area (Å²) in [4.78, 5) is 18.8. The van der Waals surface area contributed by atoms with E-state index in [1.165, 1.54) is 6.07 Å². The zero-order chi connectivity index (χ0) is 20.3. The van der Waals surface area contributed by atoms with Gasteiger partial charge in [-0.1, -0.05) is 42.5 Å². The first-order valence-corrected chi connectivity index (χ1v) is 9.80. The average Bonchev–Trinajstić information content (AvgIpc) is 2.75. The number of pyridine rings is 1. The molecule has 0 aliphatic carbocycles. The van der Waals surface area contributed by atoms with Gasteiger partial charge in [-0.05, 0) is 47.7 Å². The van der Waals surface area contributed by atoms with Gasteiger partial charge in [-0.3, -0.25) is 9.78 Å². The lowest BCUT2D eigenvalue weighted by Crippen LogP contribution is -2.48. The number of likely N-dealkylation sites (tertiary alicyclic amines) is 1. The molecule has 2 aromatic carbocycles. The first kappa shape index (κ1) is 19.3. The minimum absolute atomic E-state index is 0.0761. The van der Waals surface area contributed by atoms with Gasteiger partial charge in [0.15, 0.2) is 0 Å². The third-order valence-electron chi connectivity index (χ3n) is 5.58. The molecule has 4 nitrogen and oxygen atoms in total. The highest BCUT2D eigenvalue weighted by Crippen LogP contribution is 2.30. The Morgan fingerprint density at radius 1 is 1.00 bits per heavy atom. The summed E-state index contributed by atoms with van der Waals surface area (Å²) in [7, 11) is 0. The van der Waals surface area contributed by atoms with E-state index in [1.807, 2.05) is 30.3 Å². The number of amides is 1. The lowest BCUT2D eigenvalue weighted by atomic mass is 9.85. The van der Waals surface area contributed by atoms with E-state index in [4.69, 9.17) is 0 Å². The van der Waals surface area contributed by atoms with Crippen molar-refractivity contribution in [3.63, 3.8) is 0 Å². The topological polar surface area (TPSA) is 53.4 Å². The maximum Gasteiger partial charge on any atom is 0.257 e. The molecule has 1 saturated heterocycles. The second kappa shape index (κ2) is 8.13. The van der Waals surface area contributed by atoms with E-state index >= 15 is 0 Å². The predicted octanol–water partition coefficient (Wildman–Crippen LogP) is 4.10. The Labute approximate surface area is 169 Å². The van der Waals surface area contributed by atoms with Crippen LogP contribution in [0.15, 0.2) is 73.1 Å². The lowest BCUT2D eigenvalue weighted by molar-refractivity contribution is -0.0163. The largest absolute Gasteiger partial charge is 0.389 e. The number of halogens is 1. The molecule has 3 aromatic rings. The second-order valence-electron chi connectivity index (χ2n) is 7.58. The van der Waals surface area contributed by atoms with Gasteiger partial charge < -0.3 is 10.0 Å². The van der Waals surface area contributed by atoms with Gasteiger partial charge >= 0.3 is 0 Å². The van der Waals surface area contributed by atoms with Crippen LogP contribution in [0.3, 0.4) is 0 Å². The van der Waals surface area contributed by atoms with Crippen molar-refractivity contribution in [2.75, 3.05) is 13.1 Å². The van der Waals surface area contributed by atoms with Crippen LogP contribution in [-0.4, -0.2) is 39.6 Å². The van der Waals surface area contributed by atoms with E-state index in [9.17, 15) is 14.3 Å². The third kappa shape index (κ3) is 4.20. The molecule has 4 rings (SSSR count). The molecule has 1 fully saturated rings. The van der Waals surface area contributed by atoms with Crippen LogP contribution >= 0.6 is 0 Å². The summed E-state index contributed by atoms with van der Waals surface area (Å²) in [6, 6.07) is 18.0. The highest BCUT2D eigenvalue weighted by molar-refractivity contribution is 6.01. The molecule has 0 spiro atoms. The number of hydrogen-bond acceptors (Lipinski definition) is 3. The first-order chi connectivity index (χ1) is 14.1. The van der Waals surface area contributed by atoms with Crippen LogP contribution in [0.4, 0.5) is 4.39 Å². The fourth-order valence-corrected chi connectivity index (χ4v) is 3.95. The number of carbonyl (C=O) groups excluding carboxylic acids is 1. The van der Waals surface area contributed by atoms with Gasteiger partial charge in [-0.25, -0.2) is 4.39 Å². The standard InChI is InChI=1S/C24H23FN2O2/c25-21-8-4-7-20(19-9-13-26-14-10-19)22(21)23(28)27-15-11-24(29,12-16-27)17-18-5-2-1-3-6-18/h1-10,13-14,29H,11-12,15-17H2. The molecule has 1 aliphatic heterocycles. The predicted molar refractivity (Wildman–Crippen MR) is 110 cm³/mol. The van der Waals surface area contributed by atoms with Crippen molar-refractivity contribution in [3.8, 4) is 11.1 Å². The molecular weight excluding hydrogens is 367 g/mol. The van der Waals surface area contributed by atoms with Crippen LogP contribution in [-0.2, 0) is 6.42 Å². The Morgan fingerprint density at radius 3 is 2.38 bits per heavy atom. The van der Waals surface area contributed by atoms with Gasteiger partial charge in [0, 0.05) is 31.9 Å². The van der Waals surface area contributed by atoms with E-state index in [0.29, 0.717) is 37.9 Å². The van der Waals surface area contributed by atoms with Crippen LogP contribution in [0.5, 0.6) is 0 Å². The molecule has 29 heavy (non-hydrogen) atoms. The SMILES string of the molecule is O=C(c1c(F)cccc1-c1ccncc1)N1CCC(O)(Cc2ccccc2)CC1. The Kier molecular flexibility index (Phi) is 5.41. The molecule has 2 heterocycles. The number of carbonyl (C=O) groups is 1. The summed E-state index contributed by atoms with van der Waals surface area (Å²) in [5, 5.41) is 11.0. The number of benzene rings is 2. The van der Waals surface area contributed by atoms with Crippen molar-refractivity contribution in [3.05, 3.63) is 90.0 Å². The quantitative estimate of drug-likeness (QED) is 0.730. The fourth-order valence-electron chi connectivity index (χ4n) is 3.95. The lowest BCUT2D eigenvalue weighted by Gasteiger charge is -2.38. The summed E-state index contributed by atoms with van der Waals surface area (Å²) in [6.07, 6.45) is 4.73. The van der Waals surface area contributed by atoms with E-state index < -0.39 is 11.4 Å². The molecule has 0 unspecified atom stereocenters. The molecule has 148 valence electrons. The van der Waals surface area contributed by atoms with Gasteiger partial charge in [0.25, 0.3) is 5.91 Å². The second-order valence-corrected chi connectivity index (χ2v) is 7.58. The van der Waals surface area contributed by atoms with Gasteiger partial charge in [0.1, 0.15) is 5.82 Å². The van der Waals surface area contributed by atoms with Crippen molar-refractivity contribution in [2.24, 2.45) is 0 Å². The third-order valence-corrected chi connectivity index (χ3v) is 5.58. The molecule has 0 radical (unpaired) electrons. The Balaban J connectivity index is 1.52. The summed E-state index contributed by atoms with van der Waals surface area (Å²) in [5.74, 6) is -0.869. The summed E-state index contributed by atoms with van der Waals surface area (Å²) in [6.45, 7) is 0.790. The van der Waals surface area contributed by atoms with Crippen LogP contribution in [0, 0.1) is 5.82 Å². The summed E-state index contributed by atoms with van der Waals surface area (Å²) < 4.78 is 14.7. The zero-order valence-corrected chi connectivity index (χ0v) is 16.1. The van der Waals surface area contributed by atoms with Crippen LogP contribution in [0.1, 0.15) is 28.8 Å². The Morgan fingerprint density at radius 2 is 1.69 bits per heavy atom. The molecule has 5 heteroatoms. The van der Waals surface area contributed by atoms with Gasteiger partial charge in [0.05, 0.1) is 11.2 Å². The number of rotatable bonds is 4. The van der Waals surface area contributed by atoms with Crippen LogP contribution in [0.2, 0.25) is 0 Å². The minimum Gasteiger partial charge on any atom is -0.389 e. The van der Waals surface area contributed by atoms with Gasteiger partial charge in [0.2, 0.25) is 0 Å². The van der Waals surface area contributed by atoms with E-state index in [0.717, 1.165) is 11.1 Å². The number of hydrogen-bond donors (Lipinski definition) is 1. The van der Waals surface area contributed by atoms with Crippen LogP contribution < -0.4 is 0 Å². The van der Waals surface area contributed by atoms with E-state index in [1.54, 1.807) is 41.6 Å². The summed E-state index contributed by atoms with van der Waals surface area (Å²) in [5.41, 5.74) is 1.61. The molecule has 0 bridgehead atoms. The molecule has 0 saturated carbocycles. The maximum atomic E-state index is 14.7.